The number of aliphatic carboxylic acids is 1. The third-order valence-electron chi connectivity index (χ3n) is 2.86. The lowest BCUT2D eigenvalue weighted by Gasteiger charge is -2.26. The van der Waals surface area contributed by atoms with Gasteiger partial charge in [0, 0.05) is 12.1 Å². The zero-order valence-electron chi connectivity index (χ0n) is 10.8. The highest BCUT2D eigenvalue weighted by molar-refractivity contribution is 5.96. The molecule has 1 aromatic rings. The van der Waals surface area contributed by atoms with Crippen molar-refractivity contribution in [1.82, 2.24) is 4.90 Å². The van der Waals surface area contributed by atoms with E-state index in [-0.39, 0.29) is 5.91 Å². The maximum Gasteiger partial charge on any atom is 0.326 e. The van der Waals surface area contributed by atoms with E-state index in [1.807, 2.05) is 13.0 Å². The Morgan fingerprint density at radius 2 is 1.89 bits per heavy atom. The van der Waals surface area contributed by atoms with Gasteiger partial charge in [-0.3, -0.25) is 4.79 Å². The maximum atomic E-state index is 12.3. The van der Waals surface area contributed by atoms with Gasteiger partial charge in [0.2, 0.25) is 0 Å². The smallest absolute Gasteiger partial charge is 0.326 e. The van der Waals surface area contributed by atoms with E-state index in [0.29, 0.717) is 12.1 Å². The molecule has 0 spiro atoms. The van der Waals surface area contributed by atoms with Crippen LogP contribution in [0.5, 0.6) is 0 Å². The molecule has 0 unspecified atom stereocenters. The van der Waals surface area contributed by atoms with E-state index in [4.69, 9.17) is 5.11 Å². The second-order valence-corrected chi connectivity index (χ2v) is 4.23. The minimum atomic E-state index is -0.976. The molecule has 0 saturated carbocycles. The molecule has 0 aliphatic heterocycles. The number of hydrogen-bond acceptors (Lipinski definition) is 2. The third-order valence-corrected chi connectivity index (χ3v) is 2.86. The summed E-state index contributed by atoms with van der Waals surface area (Å²) in [6.45, 7) is 4.02. The lowest BCUT2D eigenvalue weighted by Crippen LogP contribution is -2.43. The topological polar surface area (TPSA) is 57.6 Å². The van der Waals surface area contributed by atoms with Gasteiger partial charge in [0.15, 0.2) is 0 Å². The van der Waals surface area contributed by atoms with E-state index in [9.17, 15) is 9.59 Å². The van der Waals surface area contributed by atoms with Gasteiger partial charge in [-0.05, 0) is 25.5 Å². The molecule has 0 radical (unpaired) electrons. The number of carbonyl (C=O) groups excluding carboxylic acids is 1. The van der Waals surface area contributed by atoms with Gasteiger partial charge < -0.3 is 10.0 Å². The van der Waals surface area contributed by atoms with Crippen LogP contribution < -0.4 is 0 Å². The highest BCUT2D eigenvalue weighted by atomic mass is 16.4. The van der Waals surface area contributed by atoms with Gasteiger partial charge in [-0.15, -0.1) is 0 Å². The van der Waals surface area contributed by atoms with Crippen molar-refractivity contribution in [1.29, 1.82) is 0 Å². The average molecular weight is 249 g/mol. The highest BCUT2D eigenvalue weighted by Gasteiger charge is 2.25. The predicted molar refractivity (Wildman–Crippen MR) is 69.5 cm³/mol. The van der Waals surface area contributed by atoms with Crippen LogP contribution in [0.4, 0.5) is 0 Å². The van der Waals surface area contributed by atoms with Gasteiger partial charge in [-0.25, -0.2) is 4.79 Å². The zero-order chi connectivity index (χ0) is 13.5. The van der Waals surface area contributed by atoms with Gasteiger partial charge in [-0.1, -0.05) is 31.5 Å². The lowest BCUT2D eigenvalue weighted by molar-refractivity contribution is -0.141. The minimum absolute atomic E-state index is 0.223. The van der Waals surface area contributed by atoms with Crippen LogP contribution in [0.3, 0.4) is 0 Å². The average Bonchev–Trinajstić information content (AvgIpc) is 2.39. The normalized spacial score (nSPS) is 11.9. The Morgan fingerprint density at radius 1 is 1.28 bits per heavy atom. The van der Waals surface area contributed by atoms with Crippen LogP contribution in [0.1, 0.15) is 37.0 Å². The van der Waals surface area contributed by atoms with Crippen LogP contribution in [0.15, 0.2) is 30.3 Å². The predicted octanol–water partition coefficient (Wildman–Crippen LogP) is 2.40. The molecule has 0 aliphatic rings. The molecule has 1 atom stereocenters. The van der Waals surface area contributed by atoms with Crippen molar-refractivity contribution >= 4 is 11.9 Å². The number of amides is 1. The van der Waals surface area contributed by atoms with E-state index >= 15 is 0 Å². The standard InChI is InChI=1S/C14H19NO3/c1-3-4-10-15(11(2)14(17)18)13(16)12-8-6-5-7-9-12/h5-9,11H,3-4,10H2,1-2H3,(H,17,18)/t11-/m0/s1. The van der Waals surface area contributed by atoms with Crippen molar-refractivity contribution in [2.75, 3.05) is 6.54 Å². The summed E-state index contributed by atoms with van der Waals surface area (Å²) in [7, 11) is 0. The molecule has 0 bridgehead atoms. The summed E-state index contributed by atoms with van der Waals surface area (Å²) in [5.74, 6) is -1.20. The maximum absolute atomic E-state index is 12.3. The van der Waals surface area contributed by atoms with Crippen LogP contribution in [-0.2, 0) is 4.79 Å². The molecular weight excluding hydrogens is 230 g/mol. The van der Waals surface area contributed by atoms with Gasteiger partial charge in [0.1, 0.15) is 6.04 Å². The first-order valence-electron chi connectivity index (χ1n) is 6.16. The van der Waals surface area contributed by atoms with E-state index < -0.39 is 12.0 Å². The first-order valence-corrected chi connectivity index (χ1v) is 6.16. The summed E-state index contributed by atoms with van der Waals surface area (Å²) in [5.41, 5.74) is 0.529. The fourth-order valence-corrected chi connectivity index (χ4v) is 1.68. The van der Waals surface area contributed by atoms with Gasteiger partial charge in [-0.2, -0.15) is 0 Å². The van der Waals surface area contributed by atoms with Gasteiger partial charge >= 0.3 is 5.97 Å². The third kappa shape index (κ3) is 3.58. The molecule has 4 nitrogen and oxygen atoms in total. The second kappa shape index (κ2) is 6.79. The van der Waals surface area contributed by atoms with Crippen molar-refractivity contribution < 1.29 is 14.7 Å². The highest BCUT2D eigenvalue weighted by Crippen LogP contribution is 2.10. The molecular formula is C14H19NO3. The molecule has 1 rings (SSSR count). The van der Waals surface area contributed by atoms with Gasteiger partial charge in [0.05, 0.1) is 0 Å². The Kier molecular flexibility index (Phi) is 5.36. The fraction of sp³-hybridized carbons (Fsp3) is 0.429. The Morgan fingerprint density at radius 3 is 2.39 bits per heavy atom. The molecule has 1 amide bonds. The Hall–Kier alpha value is -1.84. The van der Waals surface area contributed by atoms with E-state index in [1.165, 1.54) is 4.90 Å². The fourth-order valence-electron chi connectivity index (χ4n) is 1.68. The van der Waals surface area contributed by atoms with E-state index in [0.717, 1.165) is 12.8 Å². The summed E-state index contributed by atoms with van der Waals surface area (Å²) in [6.07, 6.45) is 1.72. The molecule has 0 aliphatic carbocycles. The SMILES string of the molecule is CCCCN(C(=O)c1ccccc1)[C@@H](C)C(=O)O. The number of unbranched alkanes of at least 4 members (excludes halogenated alkanes) is 1. The van der Waals surface area contributed by atoms with Crippen LogP contribution >= 0.6 is 0 Å². The Bertz CT molecular complexity index is 403. The Labute approximate surface area is 107 Å². The molecule has 0 heterocycles. The lowest BCUT2D eigenvalue weighted by atomic mass is 10.1. The number of carboxylic acid groups (broad SMARTS) is 1. The largest absolute Gasteiger partial charge is 0.480 e. The first-order chi connectivity index (χ1) is 8.57. The number of rotatable bonds is 6. The van der Waals surface area contributed by atoms with Crippen LogP contribution in [0.2, 0.25) is 0 Å². The summed E-state index contributed by atoms with van der Waals surface area (Å²) in [6, 6.07) is 7.98. The van der Waals surface area contributed by atoms with Gasteiger partial charge in [0.25, 0.3) is 5.91 Å². The summed E-state index contributed by atoms with van der Waals surface area (Å²) >= 11 is 0. The van der Waals surface area contributed by atoms with Crippen molar-refractivity contribution in [3.8, 4) is 0 Å². The van der Waals surface area contributed by atoms with E-state index in [2.05, 4.69) is 0 Å². The van der Waals surface area contributed by atoms with Crippen LogP contribution in [0.25, 0.3) is 0 Å². The number of nitrogens with zero attached hydrogens (tertiary/aromatic N) is 1. The molecule has 1 N–H and O–H groups in total. The molecule has 18 heavy (non-hydrogen) atoms. The number of hydrogen-bond donors (Lipinski definition) is 1. The van der Waals surface area contributed by atoms with E-state index in [1.54, 1.807) is 31.2 Å². The Balaban J connectivity index is 2.89. The number of benzene rings is 1. The van der Waals surface area contributed by atoms with Crippen molar-refractivity contribution in [2.24, 2.45) is 0 Å². The first kappa shape index (κ1) is 14.2. The summed E-state index contributed by atoms with van der Waals surface area (Å²) in [5, 5.41) is 9.05. The summed E-state index contributed by atoms with van der Waals surface area (Å²) in [4.78, 5) is 24.7. The number of carboxylic acids is 1. The zero-order valence-corrected chi connectivity index (χ0v) is 10.8. The molecule has 98 valence electrons. The number of carbonyl (C=O) groups is 2. The summed E-state index contributed by atoms with van der Waals surface area (Å²) < 4.78 is 0. The molecule has 0 aromatic heterocycles. The van der Waals surface area contributed by atoms with Crippen molar-refractivity contribution in [3.05, 3.63) is 35.9 Å². The molecule has 4 heteroatoms. The van der Waals surface area contributed by atoms with Crippen LogP contribution in [-0.4, -0.2) is 34.5 Å². The second-order valence-electron chi connectivity index (χ2n) is 4.23. The van der Waals surface area contributed by atoms with Crippen LogP contribution in [0, 0.1) is 0 Å². The molecule has 1 aromatic carbocycles. The quantitative estimate of drug-likeness (QED) is 0.842. The van der Waals surface area contributed by atoms with Crippen molar-refractivity contribution in [3.63, 3.8) is 0 Å². The monoisotopic (exact) mass is 249 g/mol. The molecule has 0 fully saturated rings. The van der Waals surface area contributed by atoms with Crippen molar-refractivity contribution in [2.45, 2.75) is 32.7 Å². The minimum Gasteiger partial charge on any atom is -0.480 e. The molecule has 0 saturated heterocycles.